The number of methoxy groups -OCH3 is 1. The molecule has 6 heteroatoms. The summed E-state index contributed by atoms with van der Waals surface area (Å²) in [5.74, 6) is -0.694. The predicted molar refractivity (Wildman–Crippen MR) is 71.5 cm³/mol. The van der Waals surface area contributed by atoms with E-state index in [2.05, 4.69) is 0 Å². The van der Waals surface area contributed by atoms with Crippen LogP contribution in [-0.2, 0) is 4.79 Å². The lowest BCUT2D eigenvalue weighted by molar-refractivity contribution is -0.125. The van der Waals surface area contributed by atoms with Crippen LogP contribution in [0.15, 0.2) is 12.1 Å². The van der Waals surface area contributed by atoms with Crippen molar-refractivity contribution in [1.82, 2.24) is 0 Å². The molecule has 19 heavy (non-hydrogen) atoms. The molecule has 0 spiro atoms. The number of carbonyl (C=O) groups excluding carboxylic acids is 1. The molecule has 4 N–H and O–H groups in total. The first-order chi connectivity index (χ1) is 8.87. The maximum absolute atomic E-state index is 13.5. The van der Waals surface area contributed by atoms with Crippen molar-refractivity contribution in [2.75, 3.05) is 30.8 Å². The number of ether oxygens (including phenoxy) is 1. The minimum atomic E-state index is -0.575. The number of carbonyl (C=O) groups is 1. The van der Waals surface area contributed by atoms with Gasteiger partial charge in [0.05, 0.1) is 23.9 Å². The topological polar surface area (TPSA) is 81.6 Å². The zero-order valence-corrected chi connectivity index (χ0v) is 11.1. The van der Waals surface area contributed by atoms with Crippen molar-refractivity contribution in [2.24, 2.45) is 11.1 Å². The largest absolute Gasteiger partial charge is 0.494 e. The molecule has 0 radical (unpaired) electrons. The van der Waals surface area contributed by atoms with E-state index in [1.807, 2.05) is 11.8 Å². The summed E-state index contributed by atoms with van der Waals surface area (Å²) >= 11 is 0. The summed E-state index contributed by atoms with van der Waals surface area (Å²) in [7, 11) is 1.40. The molecule has 1 aliphatic rings. The van der Waals surface area contributed by atoms with Gasteiger partial charge in [0.25, 0.3) is 0 Å². The van der Waals surface area contributed by atoms with E-state index in [0.29, 0.717) is 30.9 Å². The van der Waals surface area contributed by atoms with Crippen molar-refractivity contribution in [3.8, 4) is 5.75 Å². The third-order valence-electron chi connectivity index (χ3n) is 3.71. The van der Waals surface area contributed by atoms with Crippen molar-refractivity contribution in [3.63, 3.8) is 0 Å². The Balaban J connectivity index is 2.32. The second-order valence-electron chi connectivity index (χ2n) is 5.14. The monoisotopic (exact) mass is 267 g/mol. The van der Waals surface area contributed by atoms with E-state index in [1.165, 1.54) is 13.2 Å². The van der Waals surface area contributed by atoms with Crippen LogP contribution in [0.4, 0.5) is 15.8 Å². The molecule has 1 aromatic carbocycles. The summed E-state index contributed by atoms with van der Waals surface area (Å²) in [6.07, 6.45) is 0.654. The molecule has 2 rings (SSSR count). The van der Waals surface area contributed by atoms with Crippen LogP contribution in [0.5, 0.6) is 5.75 Å². The number of nitrogens with zero attached hydrogens (tertiary/aromatic N) is 1. The molecule has 0 aromatic heterocycles. The zero-order valence-electron chi connectivity index (χ0n) is 11.1. The zero-order chi connectivity index (χ0) is 14.2. The number of nitrogen functional groups attached to an aromatic ring is 1. The van der Waals surface area contributed by atoms with Crippen LogP contribution in [0.3, 0.4) is 0 Å². The van der Waals surface area contributed by atoms with Gasteiger partial charge in [-0.15, -0.1) is 0 Å². The van der Waals surface area contributed by atoms with Crippen LogP contribution in [-0.4, -0.2) is 26.1 Å². The Kier molecular flexibility index (Phi) is 3.26. The Morgan fingerprint density at radius 2 is 2.21 bits per heavy atom. The standard InChI is InChI=1S/C13H18FN3O2/c1-13(12(16)18)3-4-17(7-13)10-6-11(19-2)8(14)5-9(10)15/h5-6H,3-4,7,15H2,1-2H3,(H2,16,18). The number of anilines is 2. The van der Waals surface area contributed by atoms with E-state index < -0.39 is 11.2 Å². The maximum Gasteiger partial charge on any atom is 0.225 e. The van der Waals surface area contributed by atoms with Crippen molar-refractivity contribution in [1.29, 1.82) is 0 Å². The van der Waals surface area contributed by atoms with Crippen LogP contribution < -0.4 is 21.1 Å². The minimum absolute atomic E-state index is 0.136. The lowest BCUT2D eigenvalue weighted by atomic mass is 9.89. The first-order valence-electron chi connectivity index (χ1n) is 6.05. The number of amides is 1. The average molecular weight is 267 g/mol. The summed E-state index contributed by atoms with van der Waals surface area (Å²) in [6.45, 7) is 2.95. The summed E-state index contributed by atoms with van der Waals surface area (Å²) < 4.78 is 18.5. The number of benzene rings is 1. The summed E-state index contributed by atoms with van der Waals surface area (Å²) in [4.78, 5) is 13.4. The highest BCUT2D eigenvalue weighted by molar-refractivity contribution is 5.83. The molecule has 1 amide bonds. The van der Waals surface area contributed by atoms with E-state index in [1.54, 1.807) is 6.07 Å². The molecule has 1 aliphatic heterocycles. The molecule has 1 unspecified atom stereocenters. The molecular weight excluding hydrogens is 249 g/mol. The van der Waals surface area contributed by atoms with Crippen LogP contribution in [0, 0.1) is 11.2 Å². The number of hydrogen-bond donors (Lipinski definition) is 2. The van der Waals surface area contributed by atoms with E-state index in [-0.39, 0.29) is 11.7 Å². The van der Waals surface area contributed by atoms with Gasteiger partial charge in [-0.2, -0.15) is 0 Å². The van der Waals surface area contributed by atoms with Crippen LogP contribution >= 0.6 is 0 Å². The highest BCUT2D eigenvalue weighted by atomic mass is 19.1. The molecular formula is C13H18FN3O2. The van der Waals surface area contributed by atoms with Crippen molar-refractivity contribution in [3.05, 3.63) is 17.9 Å². The number of rotatable bonds is 3. The molecule has 5 nitrogen and oxygen atoms in total. The number of halogens is 1. The number of nitrogens with two attached hydrogens (primary N) is 2. The van der Waals surface area contributed by atoms with Gasteiger partial charge < -0.3 is 21.1 Å². The molecule has 1 fully saturated rings. The van der Waals surface area contributed by atoms with Gasteiger partial charge >= 0.3 is 0 Å². The first-order valence-corrected chi connectivity index (χ1v) is 6.05. The fourth-order valence-electron chi connectivity index (χ4n) is 2.36. The smallest absolute Gasteiger partial charge is 0.225 e. The first kappa shape index (κ1) is 13.5. The van der Waals surface area contributed by atoms with Crippen molar-refractivity contribution in [2.45, 2.75) is 13.3 Å². The molecule has 1 aromatic rings. The quantitative estimate of drug-likeness (QED) is 0.804. The van der Waals surface area contributed by atoms with E-state index in [0.717, 1.165) is 0 Å². The van der Waals surface area contributed by atoms with Crippen molar-refractivity contribution >= 4 is 17.3 Å². The Bertz CT molecular complexity index is 521. The molecule has 0 aliphatic carbocycles. The van der Waals surface area contributed by atoms with E-state index in [4.69, 9.17) is 16.2 Å². The molecule has 1 heterocycles. The van der Waals surface area contributed by atoms with Crippen molar-refractivity contribution < 1.29 is 13.9 Å². The van der Waals surface area contributed by atoms with Crippen LogP contribution in [0.25, 0.3) is 0 Å². The van der Waals surface area contributed by atoms with Gasteiger partial charge in [0.1, 0.15) is 0 Å². The maximum atomic E-state index is 13.5. The van der Waals surface area contributed by atoms with Gasteiger partial charge in [0.2, 0.25) is 5.91 Å². The third kappa shape index (κ3) is 2.30. The molecule has 104 valence electrons. The molecule has 1 atom stereocenters. The molecule has 0 saturated carbocycles. The lowest BCUT2D eigenvalue weighted by Gasteiger charge is -2.24. The van der Waals surface area contributed by atoms with Gasteiger partial charge in [0, 0.05) is 25.2 Å². The highest BCUT2D eigenvalue weighted by Gasteiger charge is 2.39. The fraction of sp³-hybridized carbons (Fsp3) is 0.462. The number of primary amides is 1. The van der Waals surface area contributed by atoms with Crippen LogP contribution in [0.1, 0.15) is 13.3 Å². The third-order valence-corrected chi connectivity index (χ3v) is 3.71. The normalized spacial score (nSPS) is 22.6. The van der Waals surface area contributed by atoms with E-state index >= 15 is 0 Å². The molecule has 0 bridgehead atoms. The number of hydrogen-bond acceptors (Lipinski definition) is 4. The van der Waals surface area contributed by atoms with Gasteiger partial charge in [-0.3, -0.25) is 4.79 Å². The average Bonchev–Trinajstić information content (AvgIpc) is 2.73. The van der Waals surface area contributed by atoms with Gasteiger partial charge in [-0.05, 0) is 13.3 Å². The lowest BCUT2D eigenvalue weighted by Crippen LogP contribution is -2.37. The fourth-order valence-corrected chi connectivity index (χ4v) is 2.36. The SMILES string of the molecule is COc1cc(N2CCC(C)(C(N)=O)C2)c(N)cc1F. The molecule has 1 saturated heterocycles. The van der Waals surface area contributed by atoms with Gasteiger partial charge in [0.15, 0.2) is 11.6 Å². The Hall–Kier alpha value is -1.98. The predicted octanol–water partition coefficient (Wildman–Crippen LogP) is 1.12. The van der Waals surface area contributed by atoms with Gasteiger partial charge in [-0.25, -0.2) is 4.39 Å². The Labute approximate surface area is 111 Å². The van der Waals surface area contributed by atoms with E-state index in [9.17, 15) is 9.18 Å². The summed E-state index contributed by atoms with van der Waals surface area (Å²) in [5.41, 5.74) is 11.7. The Morgan fingerprint density at radius 3 is 2.74 bits per heavy atom. The summed E-state index contributed by atoms with van der Waals surface area (Å²) in [6, 6.07) is 2.78. The van der Waals surface area contributed by atoms with Gasteiger partial charge in [-0.1, -0.05) is 0 Å². The second kappa shape index (κ2) is 4.60. The van der Waals surface area contributed by atoms with Crippen LogP contribution in [0.2, 0.25) is 0 Å². The minimum Gasteiger partial charge on any atom is -0.494 e. The Morgan fingerprint density at radius 1 is 1.53 bits per heavy atom. The summed E-state index contributed by atoms with van der Waals surface area (Å²) in [5, 5.41) is 0. The second-order valence-corrected chi connectivity index (χ2v) is 5.14. The highest BCUT2D eigenvalue weighted by Crippen LogP contribution is 2.37.